The van der Waals surface area contributed by atoms with Gasteiger partial charge in [-0.1, -0.05) is 121 Å². The number of nitrogens with one attached hydrogen (secondary N) is 2. The number of benzene rings is 4. The number of hydrogen-bond acceptors (Lipinski definition) is 3. The molecule has 0 aliphatic carbocycles. The molecule has 0 saturated carbocycles. The molecule has 166 valence electrons. The first-order valence-electron chi connectivity index (χ1n) is 11.2. The Balaban J connectivity index is 1.55. The molecule has 1 atom stereocenters. The quantitative estimate of drug-likeness (QED) is 0.334. The van der Waals surface area contributed by atoms with Crippen LogP contribution < -0.4 is 10.7 Å². The molecular formula is C29H29N3O. The summed E-state index contributed by atoms with van der Waals surface area (Å²) in [6.07, 6.45) is 0. The lowest BCUT2D eigenvalue weighted by Crippen LogP contribution is -2.46. The van der Waals surface area contributed by atoms with Gasteiger partial charge in [0.25, 0.3) is 0 Å². The van der Waals surface area contributed by atoms with E-state index < -0.39 is 6.04 Å². The van der Waals surface area contributed by atoms with Crippen molar-refractivity contribution in [2.75, 3.05) is 0 Å². The molecule has 0 spiro atoms. The molecule has 0 aromatic heterocycles. The molecule has 4 rings (SSSR count). The lowest BCUT2D eigenvalue weighted by molar-refractivity contribution is -0.125. The minimum atomic E-state index is -0.512. The molecule has 0 heterocycles. The van der Waals surface area contributed by atoms with E-state index in [0.717, 1.165) is 11.1 Å². The third kappa shape index (κ3) is 6.88. The van der Waals surface area contributed by atoms with Crippen LogP contribution in [-0.4, -0.2) is 10.9 Å². The van der Waals surface area contributed by atoms with Crippen molar-refractivity contribution in [3.05, 3.63) is 144 Å². The summed E-state index contributed by atoms with van der Waals surface area (Å²) in [4.78, 5) is 13.4. The average Bonchev–Trinajstić information content (AvgIpc) is 2.88. The molecule has 0 fully saturated rings. The van der Waals surface area contributed by atoms with Crippen LogP contribution in [0, 0.1) is 0 Å². The van der Waals surface area contributed by atoms with Crippen molar-refractivity contribution < 1.29 is 4.79 Å². The molecule has 0 aliphatic rings. The predicted molar refractivity (Wildman–Crippen MR) is 133 cm³/mol. The van der Waals surface area contributed by atoms with Gasteiger partial charge in [0.15, 0.2) is 0 Å². The van der Waals surface area contributed by atoms with E-state index in [1.165, 1.54) is 11.1 Å². The molecule has 1 unspecified atom stereocenters. The zero-order valence-electron chi connectivity index (χ0n) is 18.6. The maximum absolute atomic E-state index is 13.4. The SMILES string of the molecule is O=C(NCc1ccccc1)C(NN(Cc1ccccc1)Cc1ccccc1)c1ccccc1. The number of hydrogen-bond donors (Lipinski definition) is 2. The van der Waals surface area contributed by atoms with Gasteiger partial charge in [-0.15, -0.1) is 0 Å². The van der Waals surface area contributed by atoms with E-state index in [4.69, 9.17) is 0 Å². The second-order valence-electron chi connectivity index (χ2n) is 8.00. The van der Waals surface area contributed by atoms with E-state index >= 15 is 0 Å². The highest BCUT2D eigenvalue weighted by atomic mass is 16.2. The van der Waals surface area contributed by atoms with Crippen LogP contribution in [0.4, 0.5) is 0 Å². The zero-order chi connectivity index (χ0) is 22.7. The molecule has 4 aromatic rings. The summed E-state index contributed by atoms with van der Waals surface area (Å²) >= 11 is 0. The molecule has 0 bridgehead atoms. The lowest BCUT2D eigenvalue weighted by atomic mass is 10.1. The molecule has 33 heavy (non-hydrogen) atoms. The van der Waals surface area contributed by atoms with Crippen LogP contribution in [0.15, 0.2) is 121 Å². The van der Waals surface area contributed by atoms with Gasteiger partial charge in [0.1, 0.15) is 6.04 Å². The van der Waals surface area contributed by atoms with Crippen LogP contribution in [0.5, 0.6) is 0 Å². The third-order valence-corrected chi connectivity index (χ3v) is 5.45. The molecule has 4 aromatic carbocycles. The van der Waals surface area contributed by atoms with Crippen LogP contribution in [0.2, 0.25) is 0 Å². The number of carbonyl (C=O) groups excluding carboxylic acids is 1. The van der Waals surface area contributed by atoms with Crippen LogP contribution in [0.3, 0.4) is 0 Å². The van der Waals surface area contributed by atoms with Gasteiger partial charge in [-0.25, -0.2) is 10.4 Å². The Hall–Kier alpha value is -3.73. The van der Waals surface area contributed by atoms with Crippen LogP contribution in [-0.2, 0) is 24.4 Å². The second kappa shape index (κ2) is 11.8. The van der Waals surface area contributed by atoms with Gasteiger partial charge in [0.2, 0.25) is 5.91 Å². The van der Waals surface area contributed by atoms with E-state index in [-0.39, 0.29) is 5.91 Å². The van der Waals surface area contributed by atoms with Crippen LogP contribution in [0.1, 0.15) is 28.3 Å². The summed E-state index contributed by atoms with van der Waals surface area (Å²) in [5.41, 5.74) is 7.88. The number of carbonyl (C=O) groups is 1. The molecule has 0 aliphatic heterocycles. The smallest absolute Gasteiger partial charge is 0.243 e. The Morgan fingerprint density at radius 3 is 1.52 bits per heavy atom. The summed E-state index contributed by atoms with van der Waals surface area (Å²) in [6.45, 7) is 1.83. The van der Waals surface area contributed by atoms with Gasteiger partial charge in [-0.05, 0) is 22.3 Å². The number of nitrogens with zero attached hydrogens (tertiary/aromatic N) is 1. The predicted octanol–water partition coefficient (Wildman–Crippen LogP) is 5.25. The monoisotopic (exact) mass is 435 g/mol. The summed E-state index contributed by atoms with van der Waals surface area (Å²) in [7, 11) is 0. The maximum atomic E-state index is 13.4. The summed E-state index contributed by atoms with van der Waals surface area (Å²) < 4.78 is 0. The highest BCUT2D eigenvalue weighted by Crippen LogP contribution is 2.17. The third-order valence-electron chi connectivity index (χ3n) is 5.45. The van der Waals surface area contributed by atoms with Gasteiger partial charge in [0, 0.05) is 19.6 Å². The lowest BCUT2D eigenvalue weighted by Gasteiger charge is -2.29. The average molecular weight is 436 g/mol. The Bertz CT molecular complexity index is 1060. The van der Waals surface area contributed by atoms with Crippen LogP contribution in [0.25, 0.3) is 0 Å². The fraction of sp³-hybridized carbons (Fsp3) is 0.138. The van der Waals surface area contributed by atoms with Gasteiger partial charge in [-0.3, -0.25) is 4.79 Å². The Kier molecular flexibility index (Phi) is 8.01. The Morgan fingerprint density at radius 2 is 1.03 bits per heavy atom. The minimum absolute atomic E-state index is 0.0591. The summed E-state index contributed by atoms with van der Waals surface area (Å²) in [5, 5.41) is 5.22. The zero-order valence-corrected chi connectivity index (χ0v) is 18.6. The Morgan fingerprint density at radius 1 is 0.606 bits per heavy atom. The van der Waals surface area contributed by atoms with Gasteiger partial charge >= 0.3 is 0 Å². The molecular weight excluding hydrogens is 406 g/mol. The summed E-state index contributed by atoms with van der Waals surface area (Å²) in [6, 6.07) is 39.9. The van der Waals surface area contributed by atoms with E-state index in [9.17, 15) is 4.79 Å². The minimum Gasteiger partial charge on any atom is -0.350 e. The van der Waals surface area contributed by atoms with E-state index in [1.807, 2.05) is 97.1 Å². The normalized spacial score (nSPS) is 11.8. The number of rotatable bonds is 10. The van der Waals surface area contributed by atoms with Crippen molar-refractivity contribution in [3.63, 3.8) is 0 Å². The first kappa shape index (κ1) is 22.5. The largest absolute Gasteiger partial charge is 0.350 e. The summed E-state index contributed by atoms with van der Waals surface area (Å²) in [5.74, 6) is -0.0591. The van der Waals surface area contributed by atoms with Gasteiger partial charge < -0.3 is 5.32 Å². The van der Waals surface area contributed by atoms with Crippen molar-refractivity contribution in [1.29, 1.82) is 0 Å². The van der Waals surface area contributed by atoms with Crippen LogP contribution >= 0.6 is 0 Å². The first-order chi connectivity index (χ1) is 16.3. The Labute approximate surface area is 195 Å². The fourth-order valence-electron chi connectivity index (χ4n) is 3.75. The molecule has 0 saturated heterocycles. The van der Waals surface area contributed by atoms with Crippen molar-refractivity contribution in [2.45, 2.75) is 25.7 Å². The number of amides is 1. The van der Waals surface area contributed by atoms with E-state index in [1.54, 1.807) is 0 Å². The van der Waals surface area contributed by atoms with E-state index in [0.29, 0.717) is 19.6 Å². The molecule has 4 heteroatoms. The standard InChI is InChI=1S/C29H29N3O/c33-29(30-21-24-13-5-1-6-14-24)28(27-19-11-4-12-20-27)31-32(22-25-15-7-2-8-16-25)23-26-17-9-3-10-18-26/h1-20,28,31H,21-23H2,(H,30,33). The molecule has 1 amide bonds. The highest BCUT2D eigenvalue weighted by molar-refractivity contribution is 5.83. The first-order valence-corrected chi connectivity index (χ1v) is 11.2. The molecule has 0 radical (unpaired) electrons. The van der Waals surface area contributed by atoms with Crippen molar-refractivity contribution in [3.8, 4) is 0 Å². The van der Waals surface area contributed by atoms with Crippen molar-refractivity contribution >= 4 is 5.91 Å². The molecule has 2 N–H and O–H groups in total. The fourth-order valence-corrected chi connectivity index (χ4v) is 3.75. The highest BCUT2D eigenvalue weighted by Gasteiger charge is 2.23. The van der Waals surface area contributed by atoms with Gasteiger partial charge in [-0.2, -0.15) is 0 Å². The molecule has 4 nitrogen and oxygen atoms in total. The van der Waals surface area contributed by atoms with E-state index in [2.05, 4.69) is 40.0 Å². The van der Waals surface area contributed by atoms with Gasteiger partial charge in [0.05, 0.1) is 0 Å². The van der Waals surface area contributed by atoms with Crippen molar-refractivity contribution in [1.82, 2.24) is 15.8 Å². The van der Waals surface area contributed by atoms with Crippen molar-refractivity contribution in [2.24, 2.45) is 0 Å². The maximum Gasteiger partial charge on any atom is 0.243 e. The number of hydrazine groups is 1. The second-order valence-corrected chi connectivity index (χ2v) is 8.00. The topological polar surface area (TPSA) is 44.4 Å².